The molecule has 1 aromatic carbocycles. The Morgan fingerprint density at radius 1 is 1.06 bits per heavy atom. The number of fused-ring (bicyclic) bond motifs is 1. The van der Waals surface area contributed by atoms with Gasteiger partial charge in [0.2, 0.25) is 5.78 Å². The highest BCUT2D eigenvalue weighted by Gasteiger charge is 2.12. The number of nitrogens with zero attached hydrogens (tertiary/aromatic N) is 1. The molecule has 158 valence electrons. The molecule has 3 N–H and O–H groups in total. The van der Waals surface area contributed by atoms with Gasteiger partial charge in [-0.15, -0.1) is 0 Å². The second kappa shape index (κ2) is 9.94. The molecule has 2 aromatic heterocycles. The van der Waals surface area contributed by atoms with Crippen LogP contribution in [0.15, 0.2) is 48.8 Å². The van der Waals surface area contributed by atoms with Crippen LogP contribution in [0.2, 0.25) is 0 Å². The van der Waals surface area contributed by atoms with Gasteiger partial charge in [-0.05, 0) is 47.6 Å². The van der Waals surface area contributed by atoms with Crippen LogP contribution >= 0.6 is 0 Å². The predicted octanol–water partition coefficient (Wildman–Crippen LogP) is 3.87. The zero-order valence-electron chi connectivity index (χ0n) is 17.4. The van der Waals surface area contributed by atoms with E-state index in [1.54, 1.807) is 6.20 Å². The van der Waals surface area contributed by atoms with Gasteiger partial charge in [0.25, 0.3) is 0 Å². The molecule has 0 bridgehead atoms. The SMILES string of the molecule is O=C(C#CC1CCCC1)Cc1cccc(CNC(=O)NCc2ccnc3[nH]ccc23)c1. The maximum Gasteiger partial charge on any atom is 0.315 e. The molecule has 31 heavy (non-hydrogen) atoms. The van der Waals surface area contributed by atoms with Crippen LogP contribution in [0.25, 0.3) is 11.0 Å². The summed E-state index contributed by atoms with van der Waals surface area (Å²) in [7, 11) is 0. The number of pyridine rings is 1. The molecule has 6 heteroatoms. The molecule has 1 fully saturated rings. The number of H-pyrrole nitrogens is 1. The minimum absolute atomic E-state index is 0.0526. The first kappa shape index (κ1) is 20.7. The van der Waals surface area contributed by atoms with Crippen LogP contribution in [0, 0.1) is 17.8 Å². The van der Waals surface area contributed by atoms with Crippen LogP contribution < -0.4 is 10.6 Å². The van der Waals surface area contributed by atoms with Crippen LogP contribution in [0.4, 0.5) is 4.79 Å². The lowest BCUT2D eigenvalue weighted by molar-refractivity contribution is -0.113. The molecule has 2 heterocycles. The van der Waals surface area contributed by atoms with Gasteiger partial charge in [-0.25, -0.2) is 9.78 Å². The fourth-order valence-corrected chi connectivity index (χ4v) is 3.92. The summed E-state index contributed by atoms with van der Waals surface area (Å²) >= 11 is 0. The van der Waals surface area contributed by atoms with Crippen molar-refractivity contribution in [2.45, 2.75) is 45.2 Å². The average molecular weight is 415 g/mol. The molecular weight excluding hydrogens is 388 g/mol. The summed E-state index contributed by atoms with van der Waals surface area (Å²) in [5, 5.41) is 6.74. The summed E-state index contributed by atoms with van der Waals surface area (Å²) in [5.74, 6) is 6.27. The Balaban J connectivity index is 1.26. The molecule has 3 aromatic rings. The van der Waals surface area contributed by atoms with Crippen molar-refractivity contribution in [2.24, 2.45) is 5.92 Å². The number of urea groups is 1. The topological polar surface area (TPSA) is 86.9 Å². The zero-order chi connectivity index (χ0) is 21.5. The number of Topliss-reactive ketones (excluding diaryl/α,β-unsaturated/α-hetero) is 1. The second-order valence-electron chi connectivity index (χ2n) is 7.92. The van der Waals surface area contributed by atoms with Gasteiger partial charge in [0.05, 0.1) is 0 Å². The molecule has 0 unspecified atom stereocenters. The first-order valence-corrected chi connectivity index (χ1v) is 10.7. The Morgan fingerprint density at radius 2 is 1.87 bits per heavy atom. The van der Waals surface area contributed by atoms with Crippen molar-refractivity contribution >= 4 is 22.8 Å². The fourth-order valence-electron chi connectivity index (χ4n) is 3.92. The summed E-state index contributed by atoms with van der Waals surface area (Å²) in [4.78, 5) is 31.7. The summed E-state index contributed by atoms with van der Waals surface area (Å²) in [6.45, 7) is 0.800. The molecule has 0 spiro atoms. The molecule has 6 nitrogen and oxygen atoms in total. The average Bonchev–Trinajstić information content (AvgIpc) is 3.47. The lowest BCUT2D eigenvalue weighted by Crippen LogP contribution is -2.34. The number of ketones is 1. The van der Waals surface area contributed by atoms with Crippen molar-refractivity contribution in [1.82, 2.24) is 20.6 Å². The number of hydrogen-bond acceptors (Lipinski definition) is 3. The van der Waals surface area contributed by atoms with E-state index in [0.29, 0.717) is 25.4 Å². The van der Waals surface area contributed by atoms with Crippen molar-refractivity contribution in [3.63, 3.8) is 0 Å². The predicted molar refractivity (Wildman–Crippen MR) is 120 cm³/mol. The number of amides is 2. The van der Waals surface area contributed by atoms with Crippen molar-refractivity contribution in [1.29, 1.82) is 0 Å². The molecule has 2 amide bonds. The summed E-state index contributed by atoms with van der Waals surface area (Å²) < 4.78 is 0. The number of carbonyl (C=O) groups excluding carboxylic acids is 2. The first-order valence-electron chi connectivity index (χ1n) is 10.7. The van der Waals surface area contributed by atoms with Gasteiger partial charge in [-0.3, -0.25) is 4.79 Å². The van der Waals surface area contributed by atoms with E-state index in [0.717, 1.165) is 40.6 Å². The number of benzene rings is 1. The highest BCUT2D eigenvalue weighted by Crippen LogP contribution is 2.23. The van der Waals surface area contributed by atoms with Crippen LogP contribution in [-0.4, -0.2) is 21.8 Å². The number of rotatable bonds is 6. The third-order valence-corrected chi connectivity index (χ3v) is 5.57. The second-order valence-corrected chi connectivity index (χ2v) is 7.92. The maximum absolute atomic E-state index is 12.2. The standard InChI is InChI=1S/C25H26N4O2/c30-22(9-8-18-4-1-2-5-18)15-19-6-3-7-20(14-19)16-28-25(31)29-17-21-10-12-26-24-23(21)11-13-27-24/h3,6-7,10-14,18H,1-2,4-5,15-17H2,(H,26,27)(H2,28,29,31). The van der Waals surface area contributed by atoms with Crippen LogP contribution in [0.5, 0.6) is 0 Å². The molecule has 0 aliphatic heterocycles. The van der Waals surface area contributed by atoms with Gasteiger partial charge >= 0.3 is 6.03 Å². The molecule has 0 saturated heterocycles. The molecule has 0 atom stereocenters. The maximum atomic E-state index is 12.2. The number of carbonyl (C=O) groups is 2. The van der Waals surface area contributed by atoms with Crippen molar-refractivity contribution < 1.29 is 9.59 Å². The van der Waals surface area contributed by atoms with Crippen molar-refractivity contribution in [2.75, 3.05) is 0 Å². The van der Waals surface area contributed by atoms with Crippen LogP contribution in [0.3, 0.4) is 0 Å². The van der Waals surface area contributed by atoms with Gasteiger partial charge < -0.3 is 15.6 Å². The van der Waals surface area contributed by atoms with E-state index < -0.39 is 0 Å². The van der Waals surface area contributed by atoms with E-state index in [4.69, 9.17) is 0 Å². The lowest BCUT2D eigenvalue weighted by Gasteiger charge is -2.09. The fraction of sp³-hybridized carbons (Fsp3) is 0.320. The molecule has 1 aliphatic carbocycles. The summed E-state index contributed by atoms with van der Waals surface area (Å²) in [5.41, 5.74) is 3.66. The van der Waals surface area contributed by atoms with Gasteiger partial charge in [0.1, 0.15) is 5.65 Å². The molecule has 4 rings (SSSR count). The van der Waals surface area contributed by atoms with E-state index in [1.165, 1.54) is 12.8 Å². The Hall–Kier alpha value is -3.59. The van der Waals surface area contributed by atoms with Gasteiger partial charge in [-0.1, -0.05) is 43.0 Å². The van der Waals surface area contributed by atoms with Crippen molar-refractivity contribution in [3.05, 3.63) is 65.5 Å². The summed E-state index contributed by atoms with van der Waals surface area (Å²) in [6, 6.07) is 11.3. The lowest BCUT2D eigenvalue weighted by atomic mass is 10.0. The minimum atomic E-state index is -0.246. The number of hydrogen-bond donors (Lipinski definition) is 3. The van der Waals surface area contributed by atoms with Gasteiger partial charge in [0, 0.05) is 43.2 Å². The third-order valence-electron chi connectivity index (χ3n) is 5.57. The largest absolute Gasteiger partial charge is 0.346 e. The molecule has 0 radical (unpaired) electrons. The summed E-state index contributed by atoms with van der Waals surface area (Å²) in [6.07, 6.45) is 8.51. The third kappa shape index (κ3) is 5.73. The number of aromatic amines is 1. The molecule has 1 saturated carbocycles. The minimum Gasteiger partial charge on any atom is -0.346 e. The molecular formula is C25H26N4O2. The number of aromatic nitrogens is 2. The quantitative estimate of drug-likeness (QED) is 0.423. The Kier molecular flexibility index (Phi) is 6.63. The van der Waals surface area contributed by atoms with Crippen molar-refractivity contribution in [3.8, 4) is 11.8 Å². The monoisotopic (exact) mass is 414 g/mol. The van der Waals surface area contributed by atoms with Gasteiger partial charge in [0.15, 0.2) is 0 Å². The first-order chi connectivity index (χ1) is 15.2. The smallest absolute Gasteiger partial charge is 0.315 e. The highest BCUT2D eigenvalue weighted by molar-refractivity contribution is 5.97. The van der Waals surface area contributed by atoms with Gasteiger partial charge in [-0.2, -0.15) is 0 Å². The normalized spacial score (nSPS) is 13.5. The van der Waals surface area contributed by atoms with E-state index in [2.05, 4.69) is 32.4 Å². The zero-order valence-corrected chi connectivity index (χ0v) is 17.4. The Morgan fingerprint density at radius 3 is 2.74 bits per heavy atom. The van der Waals surface area contributed by atoms with E-state index in [1.807, 2.05) is 42.6 Å². The Bertz CT molecular complexity index is 1130. The Labute approximate surface area is 181 Å². The molecule has 1 aliphatic rings. The van der Waals surface area contributed by atoms with Crippen LogP contribution in [0.1, 0.15) is 42.4 Å². The van der Waals surface area contributed by atoms with E-state index in [-0.39, 0.29) is 11.8 Å². The van der Waals surface area contributed by atoms with Crippen LogP contribution in [-0.2, 0) is 24.3 Å². The highest BCUT2D eigenvalue weighted by atomic mass is 16.2. The van der Waals surface area contributed by atoms with E-state index >= 15 is 0 Å². The number of nitrogens with one attached hydrogen (secondary N) is 3. The van der Waals surface area contributed by atoms with E-state index in [9.17, 15) is 9.59 Å².